The lowest BCUT2D eigenvalue weighted by Gasteiger charge is -2.13. The molecule has 1 aromatic heterocycles. The summed E-state index contributed by atoms with van der Waals surface area (Å²) in [6.07, 6.45) is 3.74. The standard InChI is InChI=1S/C13H16FN3O/c1-3-17-8-10(7-15-17)9(2)16-11-4-5-13(18)12(14)6-11/h4-9,16,18H,3H2,1-2H3. The van der Waals surface area contributed by atoms with Crippen molar-refractivity contribution in [1.29, 1.82) is 0 Å². The lowest BCUT2D eigenvalue weighted by Crippen LogP contribution is -2.06. The van der Waals surface area contributed by atoms with Crippen LogP contribution in [-0.4, -0.2) is 14.9 Å². The van der Waals surface area contributed by atoms with Crippen LogP contribution < -0.4 is 5.32 Å². The molecule has 0 aliphatic heterocycles. The van der Waals surface area contributed by atoms with E-state index in [1.165, 1.54) is 12.1 Å². The predicted octanol–water partition coefficient (Wildman–Crippen LogP) is 2.92. The lowest BCUT2D eigenvalue weighted by molar-refractivity contribution is 0.432. The van der Waals surface area contributed by atoms with Gasteiger partial charge in [-0.05, 0) is 26.0 Å². The second-order valence-corrected chi connectivity index (χ2v) is 4.16. The van der Waals surface area contributed by atoms with Crippen LogP contribution in [-0.2, 0) is 6.54 Å². The molecule has 0 amide bonds. The zero-order valence-electron chi connectivity index (χ0n) is 10.4. The van der Waals surface area contributed by atoms with Crippen LogP contribution in [0.4, 0.5) is 10.1 Å². The molecule has 4 nitrogen and oxygen atoms in total. The minimum atomic E-state index is -0.628. The van der Waals surface area contributed by atoms with Crippen molar-refractivity contribution in [3.05, 3.63) is 42.0 Å². The van der Waals surface area contributed by atoms with Crippen molar-refractivity contribution < 1.29 is 9.50 Å². The Bertz CT molecular complexity index is 539. The second-order valence-electron chi connectivity index (χ2n) is 4.16. The summed E-state index contributed by atoms with van der Waals surface area (Å²) < 4.78 is 15.0. The Morgan fingerprint density at radius 2 is 2.28 bits per heavy atom. The molecule has 5 heteroatoms. The van der Waals surface area contributed by atoms with E-state index in [2.05, 4.69) is 10.4 Å². The molecule has 96 valence electrons. The number of rotatable bonds is 4. The van der Waals surface area contributed by atoms with Crippen LogP contribution in [0.5, 0.6) is 5.75 Å². The van der Waals surface area contributed by atoms with E-state index in [4.69, 9.17) is 5.11 Å². The van der Waals surface area contributed by atoms with Crippen LogP contribution in [0, 0.1) is 5.82 Å². The minimum Gasteiger partial charge on any atom is -0.505 e. The van der Waals surface area contributed by atoms with Crippen LogP contribution in [0.3, 0.4) is 0 Å². The molecule has 0 spiro atoms. The van der Waals surface area contributed by atoms with Gasteiger partial charge in [-0.3, -0.25) is 4.68 Å². The monoisotopic (exact) mass is 249 g/mol. The lowest BCUT2D eigenvalue weighted by atomic mass is 10.2. The molecule has 0 aliphatic carbocycles. The van der Waals surface area contributed by atoms with E-state index in [0.717, 1.165) is 12.1 Å². The van der Waals surface area contributed by atoms with Gasteiger partial charge in [0.2, 0.25) is 0 Å². The summed E-state index contributed by atoms with van der Waals surface area (Å²) in [6, 6.07) is 4.27. The number of nitrogens with one attached hydrogen (secondary N) is 1. The van der Waals surface area contributed by atoms with Crippen molar-refractivity contribution in [1.82, 2.24) is 9.78 Å². The van der Waals surface area contributed by atoms with E-state index in [9.17, 15) is 4.39 Å². The Morgan fingerprint density at radius 3 is 2.89 bits per heavy atom. The van der Waals surface area contributed by atoms with Gasteiger partial charge in [-0.1, -0.05) is 0 Å². The van der Waals surface area contributed by atoms with Crippen molar-refractivity contribution in [3.63, 3.8) is 0 Å². The van der Waals surface area contributed by atoms with Crippen LogP contribution in [0.25, 0.3) is 0 Å². The first kappa shape index (κ1) is 12.4. The van der Waals surface area contributed by atoms with Crippen LogP contribution in [0.15, 0.2) is 30.6 Å². The van der Waals surface area contributed by atoms with Gasteiger partial charge in [0.25, 0.3) is 0 Å². The third kappa shape index (κ3) is 2.61. The van der Waals surface area contributed by atoms with E-state index in [0.29, 0.717) is 5.69 Å². The van der Waals surface area contributed by atoms with Crippen molar-refractivity contribution >= 4 is 5.69 Å². The third-order valence-electron chi connectivity index (χ3n) is 2.81. The number of aryl methyl sites for hydroxylation is 1. The molecule has 0 bridgehead atoms. The largest absolute Gasteiger partial charge is 0.505 e. The molecule has 1 heterocycles. The second kappa shape index (κ2) is 5.08. The van der Waals surface area contributed by atoms with Crippen LogP contribution >= 0.6 is 0 Å². The molecule has 1 unspecified atom stereocenters. The molecule has 1 aromatic carbocycles. The van der Waals surface area contributed by atoms with Crippen molar-refractivity contribution in [2.45, 2.75) is 26.4 Å². The number of benzene rings is 1. The number of nitrogens with zero attached hydrogens (tertiary/aromatic N) is 2. The SMILES string of the molecule is CCn1cc(C(C)Nc2ccc(O)c(F)c2)cn1. The summed E-state index contributed by atoms with van der Waals surface area (Å²) in [5.74, 6) is -0.969. The average Bonchev–Trinajstić information content (AvgIpc) is 2.82. The number of hydrogen-bond donors (Lipinski definition) is 2. The van der Waals surface area contributed by atoms with Gasteiger partial charge in [0.05, 0.1) is 12.2 Å². The number of halogens is 1. The maximum Gasteiger partial charge on any atom is 0.166 e. The first-order chi connectivity index (χ1) is 8.60. The first-order valence-electron chi connectivity index (χ1n) is 5.87. The number of phenols is 1. The Kier molecular flexibility index (Phi) is 3.50. The highest BCUT2D eigenvalue weighted by Gasteiger charge is 2.09. The summed E-state index contributed by atoms with van der Waals surface area (Å²) in [4.78, 5) is 0. The van der Waals surface area contributed by atoms with Crippen molar-refractivity contribution in [3.8, 4) is 5.75 Å². The smallest absolute Gasteiger partial charge is 0.166 e. The topological polar surface area (TPSA) is 50.1 Å². The van der Waals surface area contributed by atoms with Crippen LogP contribution in [0.1, 0.15) is 25.5 Å². The number of aromatic hydroxyl groups is 1. The highest BCUT2D eigenvalue weighted by molar-refractivity contribution is 5.48. The van der Waals surface area contributed by atoms with E-state index >= 15 is 0 Å². The quantitative estimate of drug-likeness (QED) is 0.819. The normalized spacial score (nSPS) is 12.4. The number of phenolic OH excluding ortho intramolecular Hbond substituents is 1. The number of aromatic nitrogens is 2. The van der Waals surface area contributed by atoms with Crippen molar-refractivity contribution in [2.24, 2.45) is 0 Å². The fourth-order valence-electron chi connectivity index (χ4n) is 1.71. The summed E-state index contributed by atoms with van der Waals surface area (Å²) >= 11 is 0. The molecule has 18 heavy (non-hydrogen) atoms. The van der Waals surface area contributed by atoms with E-state index in [1.54, 1.807) is 12.3 Å². The van der Waals surface area contributed by atoms with Gasteiger partial charge >= 0.3 is 0 Å². The summed E-state index contributed by atoms with van der Waals surface area (Å²) in [5, 5.41) is 16.5. The fraction of sp³-hybridized carbons (Fsp3) is 0.308. The highest BCUT2D eigenvalue weighted by Crippen LogP contribution is 2.23. The molecule has 0 aliphatic rings. The Balaban J connectivity index is 2.10. The molecule has 2 N–H and O–H groups in total. The van der Waals surface area contributed by atoms with Gasteiger partial charge in [0, 0.05) is 30.1 Å². The first-order valence-corrected chi connectivity index (χ1v) is 5.87. The van der Waals surface area contributed by atoms with Crippen molar-refractivity contribution in [2.75, 3.05) is 5.32 Å². The molecular weight excluding hydrogens is 233 g/mol. The number of anilines is 1. The van der Waals surface area contributed by atoms with Gasteiger partial charge in [0.1, 0.15) is 0 Å². The third-order valence-corrected chi connectivity index (χ3v) is 2.81. The Hall–Kier alpha value is -2.04. The fourth-order valence-corrected chi connectivity index (χ4v) is 1.71. The molecule has 0 radical (unpaired) electrons. The predicted molar refractivity (Wildman–Crippen MR) is 68.0 cm³/mol. The van der Waals surface area contributed by atoms with Gasteiger partial charge < -0.3 is 10.4 Å². The maximum atomic E-state index is 13.2. The van der Waals surface area contributed by atoms with E-state index in [1.807, 2.05) is 24.7 Å². The molecule has 0 fully saturated rings. The minimum absolute atomic E-state index is 0.0224. The molecule has 2 rings (SSSR count). The Labute approximate surface area is 105 Å². The summed E-state index contributed by atoms with van der Waals surface area (Å²) in [7, 11) is 0. The maximum absolute atomic E-state index is 13.2. The van der Waals surface area contributed by atoms with Gasteiger partial charge in [-0.25, -0.2) is 4.39 Å². The Morgan fingerprint density at radius 1 is 1.50 bits per heavy atom. The van der Waals surface area contributed by atoms with Gasteiger partial charge in [-0.15, -0.1) is 0 Å². The van der Waals surface area contributed by atoms with E-state index < -0.39 is 5.82 Å². The molecule has 1 atom stereocenters. The average molecular weight is 249 g/mol. The number of hydrogen-bond acceptors (Lipinski definition) is 3. The molecular formula is C13H16FN3O. The zero-order chi connectivity index (χ0) is 13.1. The molecule has 0 saturated carbocycles. The van der Waals surface area contributed by atoms with Crippen LogP contribution in [0.2, 0.25) is 0 Å². The zero-order valence-corrected chi connectivity index (χ0v) is 10.4. The van der Waals surface area contributed by atoms with Gasteiger partial charge in [-0.2, -0.15) is 5.10 Å². The molecule has 0 saturated heterocycles. The molecule has 2 aromatic rings. The summed E-state index contributed by atoms with van der Waals surface area (Å²) in [5.41, 5.74) is 1.66. The summed E-state index contributed by atoms with van der Waals surface area (Å²) in [6.45, 7) is 4.81. The van der Waals surface area contributed by atoms with Gasteiger partial charge in [0.15, 0.2) is 11.6 Å². The van der Waals surface area contributed by atoms with E-state index in [-0.39, 0.29) is 11.8 Å². The highest BCUT2D eigenvalue weighted by atomic mass is 19.1.